The minimum atomic E-state index is 0.0122. The van der Waals surface area contributed by atoms with Crippen molar-refractivity contribution in [3.05, 3.63) is 0 Å². The van der Waals surface area contributed by atoms with Crippen LogP contribution >= 0.6 is 11.8 Å². The van der Waals surface area contributed by atoms with E-state index in [-0.39, 0.29) is 5.54 Å². The highest BCUT2D eigenvalue weighted by Gasteiger charge is 2.22. The number of rotatable bonds is 8. The second kappa shape index (κ2) is 6.69. The summed E-state index contributed by atoms with van der Waals surface area (Å²) in [7, 11) is 6.25. The Bertz CT molecular complexity index is 172. The highest BCUT2D eigenvalue weighted by molar-refractivity contribution is 6.13. The molecule has 15 heavy (non-hydrogen) atoms. The lowest BCUT2D eigenvalue weighted by molar-refractivity contribution is -0.891. The molecule has 0 radical (unpaired) electrons. The highest BCUT2D eigenvalue weighted by Crippen LogP contribution is 2.12. The van der Waals surface area contributed by atoms with E-state index < -0.39 is 0 Å². The van der Waals surface area contributed by atoms with Gasteiger partial charge in [0.25, 0.3) is 0 Å². The minimum Gasteiger partial charge on any atom is -0.384 e. The Morgan fingerprint density at radius 1 is 1.27 bits per heavy atom. The molecule has 0 unspecified atom stereocenters. The zero-order valence-corrected chi connectivity index (χ0v) is 11.5. The highest BCUT2D eigenvalue weighted by atomic mass is 35.5. The van der Waals surface area contributed by atoms with E-state index in [1.165, 1.54) is 0 Å². The molecule has 0 atom stereocenters. The van der Waals surface area contributed by atoms with Crippen LogP contribution in [-0.4, -0.2) is 50.9 Å². The molecule has 0 saturated heterocycles. The third kappa shape index (κ3) is 8.03. The van der Waals surface area contributed by atoms with E-state index >= 15 is 0 Å². The summed E-state index contributed by atoms with van der Waals surface area (Å²) in [5, 5.41) is 0. The molecule has 0 aromatic rings. The standard InChI is InChI=1S/C11H26ClN2O/c1-11(2,13-12)7-9-14(3,4)8-6-10-15-5/h13H,6-10H2,1-5H3/q+1. The van der Waals surface area contributed by atoms with Crippen molar-refractivity contribution >= 4 is 11.8 Å². The van der Waals surface area contributed by atoms with Crippen LogP contribution in [0.3, 0.4) is 0 Å². The van der Waals surface area contributed by atoms with E-state index in [0.717, 1.165) is 37.0 Å². The predicted molar refractivity (Wildman–Crippen MR) is 66.0 cm³/mol. The number of hydrogen-bond donors (Lipinski definition) is 1. The number of nitrogens with one attached hydrogen (secondary N) is 1. The third-order valence-electron chi connectivity index (χ3n) is 2.71. The van der Waals surface area contributed by atoms with Crippen molar-refractivity contribution in [1.29, 1.82) is 0 Å². The van der Waals surface area contributed by atoms with E-state index in [4.69, 9.17) is 16.5 Å². The molecule has 0 aliphatic heterocycles. The summed E-state index contributed by atoms with van der Waals surface area (Å²) in [5.74, 6) is 0. The molecule has 0 amide bonds. The fourth-order valence-corrected chi connectivity index (χ4v) is 1.47. The van der Waals surface area contributed by atoms with Crippen LogP contribution in [0.15, 0.2) is 0 Å². The number of ether oxygens (including phenoxy) is 1. The average molecular weight is 238 g/mol. The maximum atomic E-state index is 5.67. The SMILES string of the molecule is COCCC[N+](C)(C)CCC(C)(C)NCl. The first-order valence-corrected chi connectivity index (χ1v) is 5.89. The van der Waals surface area contributed by atoms with Crippen LogP contribution in [0, 0.1) is 0 Å². The zero-order valence-electron chi connectivity index (χ0n) is 10.8. The molecule has 0 fully saturated rings. The van der Waals surface area contributed by atoms with E-state index in [0.29, 0.717) is 0 Å². The molecule has 4 heteroatoms. The number of hydrogen-bond acceptors (Lipinski definition) is 2. The smallest absolute Gasteiger partial charge is 0.0804 e. The first-order valence-electron chi connectivity index (χ1n) is 5.52. The van der Waals surface area contributed by atoms with E-state index in [1.807, 2.05) is 0 Å². The lowest BCUT2D eigenvalue weighted by Gasteiger charge is -2.33. The van der Waals surface area contributed by atoms with Gasteiger partial charge < -0.3 is 9.22 Å². The van der Waals surface area contributed by atoms with Crippen LogP contribution in [0.5, 0.6) is 0 Å². The molecule has 0 saturated carbocycles. The van der Waals surface area contributed by atoms with Gasteiger partial charge in [0, 0.05) is 25.5 Å². The minimum absolute atomic E-state index is 0.0122. The monoisotopic (exact) mass is 237 g/mol. The zero-order chi connectivity index (χ0) is 11.9. The molecule has 3 nitrogen and oxygen atoms in total. The fraction of sp³-hybridized carbons (Fsp3) is 1.00. The van der Waals surface area contributed by atoms with Crippen LogP contribution in [0.25, 0.3) is 0 Å². The Morgan fingerprint density at radius 3 is 2.33 bits per heavy atom. The summed E-state index contributed by atoms with van der Waals surface area (Å²) >= 11 is 5.67. The quantitative estimate of drug-likeness (QED) is 0.396. The van der Waals surface area contributed by atoms with Crippen molar-refractivity contribution in [2.45, 2.75) is 32.2 Å². The summed E-state index contributed by atoms with van der Waals surface area (Å²) in [6, 6.07) is 0. The Morgan fingerprint density at radius 2 is 1.87 bits per heavy atom. The van der Waals surface area contributed by atoms with Crippen molar-refractivity contribution in [3.63, 3.8) is 0 Å². The van der Waals surface area contributed by atoms with Gasteiger partial charge in [0.15, 0.2) is 0 Å². The van der Waals surface area contributed by atoms with Crippen molar-refractivity contribution in [2.24, 2.45) is 0 Å². The molecule has 0 aromatic heterocycles. The first kappa shape index (κ1) is 15.2. The van der Waals surface area contributed by atoms with Crippen molar-refractivity contribution < 1.29 is 9.22 Å². The van der Waals surface area contributed by atoms with Gasteiger partial charge in [-0.2, -0.15) is 0 Å². The molecule has 0 aromatic carbocycles. The van der Waals surface area contributed by atoms with E-state index in [9.17, 15) is 0 Å². The van der Waals surface area contributed by atoms with Crippen LogP contribution in [0.1, 0.15) is 26.7 Å². The third-order valence-corrected chi connectivity index (χ3v) is 3.22. The van der Waals surface area contributed by atoms with Crippen molar-refractivity contribution in [3.8, 4) is 0 Å². The maximum Gasteiger partial charge on any atom is 0.0804 e. The number of quaternary nitrogens is 1. The molecule has 0 aliphatic carbocycles. The Labute approximate surface area is 99.4 Å². The molecular formula is C11H26ClN2O+. The van der Waals surface area contributed by atoms with Crippen LogP contribution in [-0.2, 0) is 4.74 Å². The van der Waals surface area contributed by atoms with Gasteiger partial charge in [-0.25, -0.2) is 4.84 Å². The molecule has 0 spiro atoms. The Hall–Kier alpha value is 0.170. The predicted octanol–water partition coefficient (Wildman–Crippen LogP) is 2.01. The van der Waals surface area contributed by atoms with Gasteiger partial charge in [-0.05, 0) is 25.6 Å². The van der Waals surface area contributed by atoms with Crippen LogP contribution in [0.2, 0.25) is 0 Å². The van der Waals surface area contributed by atoms with Gasteiger partial charge in [0.05, 0.1) is 33.8 Å². The Balaban J connectivity index is 3.82. The molecule has 0 heterocycles. The summed E-state index contributed by atoms with van der Waals surface area (Å²) in [4.78, 5) is 2.82. The first-order chi connectivity index (χ1) is 6.83. The van der Waals surface area contributed by atoms with Gasteiger partial charge in [-0.15, -0.1) is 0 Å². The number of halogens is 1. The molecule has 0 rings (SSSR count). The van der Waals surface area contributed by atoms with Gasteiger partial charge in [0.2, 0.25) is 0 Å². The second-order valence-corrected chi connectivity index (χ2v) is 5.65. The second-order valence-electron chi connectivity index (χ2n) is 5.46. The largest absolute Gasteiger partial charge is 0.384 e. The normalized spacial score (nSPS) is 13.2. The van der Waals surface area contributed by atoms with Gasteiger partial charge in [-0.3, -0.25) is 0 Å². The van der Waals surface area contributed by atoms with Crippen molar-refractivity contribution in [2.75, 3.05) is 40.9 Å². The van der Waals surface area contributed by atoms with Crippen LogP contribution in [0.4, 0.5) is 0 Å². The Kier molecular flexibility index (Phi) is 6.76. The number of nitrogens with zero attached hydrogens (tertiary/aromatic N) is 1. The van der Waals surface area contributed by atoms with E-state index in [2.05, 4.69) is 32.8 Å². The summed E-state index contributed by atoms with van der Waals surface area (Å²) in [6.07, 6.45) is 2.18. The van der Waals surface area contributed by atoms with Gasteiger partial charge >= 0.3 is 0 Å². The average Bonchev–Trinajstić information content (AvgIpc) is 2.16. The van der Waals surface area contributed by atoms with Crippen molar-refractivity contribution in [1.82, 2.24) is 4.84 Å². The van der Waals surface area contributed by atoms with Crippen LogP contribution < -0.4 is 4.84 Å². The molecule has 0 bridgehead atoms. The topological polar surface area (TPSA) is 21.3 Å². The molecule has 0 aliphatic rings. The number of methoxy groups -OCH3 is 1. The molecule has 1 N–H and O–H groups in total. The lowest BCUT2D eigenvalue weighted by Crippen LogP contribution is -2.46. The maximum absolute atomic E-state index is 5.67. The summed E-state index contributed by atoms with van der Waals surface area (Å²) in [5.41, 5.74) is 0.0122. The fourth-order valence-electron chi connectivity index (χ4n) is 1.38. The van der Waals surface area contributed by atoms with Gasteiger partial charge in [0.1, 0.15) is 0 Å². The summed E-state index contributed by atoms with van der Waals surface area (Å²) in [6.45, 7) is 7.35. The van der Waals surface area contributed by atoms with E-state index in [1.54, 1.807) is 7.11 Å². The lowest BCUT2D eigenvalue weighted by atomic mass is 10.0. The molecular weight excluding hydrogens is 212 g/mol. The summed E-state index contributed by atoms with van der Waals surface area (Å²) < 4.78 is 6.08. The molecule has 92 valence electrons. The van der Waals surface area contributed by atoms with Gasteiger partial charge in [-0.1, -0.05) is 0 Å².